The third kappa shape index (κ3) is 3.32. The lowest BCUT2D eigenvalue weighted by molar-refractivity contribution is -0.136. The number of rotatable bonds is 4. The first-order chi connectivity index (χ1) is 13.9. The Hall–Kier alpha value is -2.71. The summed E-state index contributed by atoms with van der Waals surface area (Å²) < 4.78 is 5.92. The molecule has 0 aliphatic carbocycles. The zero-order valence-corrected chi connectivity index (χ0v) is 17.6. The molecule has 0 saturated carbocycles. The summed E-state index contributed by atoms with van der Waals surface area (Å²) in [6, 6.07) is 12.6. The first kappa shape index (κ1) is 19.6. The van der Waals surface area contributed by atoms with Gasteiger partial charge in [0.25, 0.3) is 5.91 Å². The molecular formula is C20H15BrClN3O4. The number of fused-ring (bicyclic) bond motifs is 1. The van der Waals surface area contributed by atoms with E-state index in [1.165, 1.54) is 11.1 Å². The minimum absolute atomic E-state index is 0.0809. The largest absolute Gasteiger partial charge is 0.461 e. The number of benzene rings is 2. The number of carbonyl (C=O) groups excluding carboxylic acids is 3. The highest BCUT2D eigenvalue weighted by Crippen LogP contribution is 2.38. The number of halogens is 2. The Morgan fingerprint density at radius 1 is 1.14 bits per heavy atom. The van der Waals surface area contributed by atoms with Gasteiger partial charge in [-0.25, -0.2) is 9.69 Å². The zero-order chi connectivity index (χ0) is 20.7. The van der Waals surface area contributed by atoms with Gasteiger partial charge in [-0.1, -0.05) is 33.6 Å². The minimum Gasteiger partial charge on any atom is -0.461 e. The van der Waals surface area contributed by atoms with Crippen LogP contribution in [0, 0.1) is 5.92 Å². The number of anilines is 2. The molecule has 148 valence electrons. The van der Waals surface area contributed by atoms with Gasteiger partial charge in [-0.3, -0.25) is 14.6 Å². The zero-order valence-electron chi connectivity index (χ0n) is 15.2. The van der Waals surface area contributed by atoms with Gasteiger partial charge in [-0.05, 0) is 49.4 Å². The van der Waals surface area contributed by atoms with E-state index in [1.54, 1.807) is 49.4 Å². The molecule has 0 spiro atoms. The summed E-state index contributed by atoms with van der Waals surface area (Å²) in [5.41, 5.74) is 0.847. The summed E-state index contributed by atoms with van der Waals surface area (Å²) in [5, 5.41) is 6.11. The summed E-state index contributed by atoms with van der Waals surface area (Å²) in [6.45, 7) is 1.80. The number of imide groups is 1. The highest BCUT2D eigenvalue weighted by atomic mass is 79.9. The third-order valence-corrected chi connectivity index (χ3v) is 5.46. The van der Waals surface area contributed by atoms with Gasteiger partial charge < -0.3 is 4.74 Å². The maximum atomic E-state index is 13.3. The van der Waals surface area contributed by atoms with E-state index in [1.807, 2.05) is 0 Å². The van der Waals surface area contributed by atoms with Gasteiger partial charge in [0.05, 0.1) is 18.0 Å². The Kier molecular flexibility index (Phi) is 5.14. The van der Waals surface area contributed by atoms with Crippen LogP contribution in [0.4, 0.5) is 11.4 Å². The molecule has 7 nitrogen and oxygen atoms in total. The monoisotopic (exact) mass is 475 g/mol. The number of ether oxygens (including phenoxy) is 1. The molecular weight excluding hydrogens is 462 g/mol. The molecule has 0 aromatic heterocycles. The van der Waals surface area contributed by atoms with Gasteiger partial charge in [0.1, 0.15) is 12.0 Å². The highest BCUT2D eigenvalue weighted by Gasteiger charge is 2.59. The number of hydrogen-bond donors (Lipinski definition) is 0. The van der Waals surface area contributed by atoms with Gasteiger partial charge in [0, 0.05) is 9.50 Å². The molecule has 4 rings (SSSR count). The molecule has 2 aromatic carbocycles. The van der Waals surface area contributed by atoms with Crippen molar-refractivity contribution in [3.05, 3.63) is 58.0 Å². The first-order valence-electron chi connectivity index (χ1n) is 8.86. The van der Waals surface area contributed by atoms with Crippen LogP contribution in [0.2, 0.25) is 5.02 Å². The predicted molar refractivity (Wildman–Crippen MR) is 112 cm³/mol. The smallest absolute Gasteiger partial charge is 0.355 e. The van der Waals surface area contributed by atoms with E-state index in [2.05, 4.69) is 21.0 Å². The van der Waals surface area contributed by atoms with Gasteiger partial charge >= 0.3 is 5.97 Å². The van der Waals surface area contributed by atoms with Gasteiger partial charge in [-0.15, -0.1) is 0 Å². The fourth-order valence-electron chi connectivity index (χ4n) is 3.47. The van der Waals surface area contributed by atoms with Crippen molar-refractivity contribution in [1.29, 1.82) is 0 Å². The number of hydrogen-bond acceptors (Lipinski definition) is 6. The molecule has 2 aromatic rings. The quantitative estimate of drug-likeness (QED) is 0.499. The van der Waals surface area contributed by atoms with Crippen molar-refractivity contribution in [2.45, 2.75) is 13.0 Å². The summed E-state index contributed by atoms with van der Waals surface area (Å²) >= 11 is 9.40. The molecule has 0 unspecified atom stereocenters. The summed E-state index contributed by atoms with van der Waals surface area (Å²) in [7, 11) is 0. The predicted octanol–water partition coefficient (Wildman–Crippen LogP) is 3.40. The minimum atomic E-state index is -1.05. The second-order valence-corrected chi connectivity index (χ2v) is 7.79. The lowest BCUT2D eigenvalue weighted by Gasteiger charge is -2.22. The van der Waals surface area contributed by atoms with Crippen LogP contribution in [0.1, 0.15) is 6.92 Å². The molecule has 1 fully saturated rings. The van der Waals surface area contributed by atoms with E-state index in [-0.39, 0.29) is 12.3 Å². The summed E-state index contributed by atoms with van der Waals surface area (Å²) in [5.74, 6) is -2.78. The van der Waals surface area contributed by atoms with E-state index in [9.17, 15) is 14.4 Å². The number of amides is 2. The van der Waals surface area contributed by atoms with Crippen molar-refractivity contribution in [3.63, 3.8) is 0 Å². The van der Waals surface area contributed by atoms with Crippen molar-refractivity contribution < 1.29 is 19.1 Å². The van der Waals surface area contributed by atoms with Crippen LogP contribution in [-0.2, 0) is 19.1 Å². The Morgan fingerprint density at radius 3 is 2.52 bits per heavy atom. The van der Waals surface area contributed by atoms with Crippen molar-refractivity contribution >= 4 is 62.4 Å². The van der Waals surface area contributed by atoms with Crippen LogP contribution in [-0.4, -0.2) is 36.1 Å². The van der Waals surface area contributed by atoms with Crippen LogP contribution >= 0.6 is 27.5 Å². The molecule has 0 N–H and O–H groups in total. The summed E-state index contributed by atoms with van der Waals surface area (Å²) in [6.07, 6.45) is 0. The Bertz CT molecular complexity index is 1040. The Labute approximate surface area is 180 Å². The van der Waals surface area contributed by atoms with Crippen LogP contribution in [0.5, 0.6) is 0 Å². The maximum Gasteiger partial charge on any atom is 0.355 e. The molecule has 9 heteroatoms. The first-order valence-corrected chi connectivity index (χ1v) is 10.0. The highest BCUT2D eigenvalue weighted by molar-refractivity contribution is 9.10. The number of carbonyl (C=O) groups is 3. The average molecular weight is 477 g/mol. The third-order valence-electron chi connectivity index (χ3n) is 4.69. The molecule has 2 aliphatic heterocycles. The number of esters is 1. The number of hydrazone groups is 1. The second-order valence-electron chi connectivity index (χ2n) is 6.44. The van der Waals surface area contributed by atoms with Gasteiger partial charge in [-0.2, -0.15) is 5.10 Å². The van der Waals surface area contributed by atoms with E-state index in [0.717, 1.165) is 9.37 Å². The second kappa shape index (κ2) is 7.61. The topological polar surface area (TPSA) is 79.3 Å². The van der Waals surface area contributed by atoms with Crippen LogP contribution in [0.3, 0.4) is 0 Å². The fourth-order valence-corrected chi connectivity index (χ4v) is 3.91. The van der Waals surface area contributed by atoms with E-state index >= 15 is 0 Å². The molecule has 0 radical (unpaired) electrons. The van der Waals surface area contributed by atoms with E-state index in [0.29, 0.717) is 16.4 Å². The van der Waals surface area contributed by atoms with E-state index in [4.69, 9.17) is 16.3 Å². The molecule has 29 heavy (non-hydrogen) atoms. The van der Waals surface area contributed by atoms with Gasteiger partial charge in [0.15, 0.2) is 5.71 Å². The van der Waals surface area contributed by atoms with Crippen LogP contribution < -0.4 is 9.91 Å². The lowest BCUT2D eigenvalue weighted by Crippen LogP contribution is -2.39. The maximum absolute atomic E-state index is 13.3. The lowest BCUT2D eigenvalue weighted by atomic mass is 9.98. The van der Waals surface area contributed by atoms with Crippen molar-refractivity contribution in [2.75, 3.05) is 16.5 Å². The molecule has 2 heterocycles. The van der Waals surface area contributed by atoms with Gasteiger partial charge in [0.2, 0.25) is 5.91 Å². The normalized spacial score (nSPS) is 20.7. The summed E-state index contributed by atoms with van der Waals surface area (Å²) in [4.78, 5) is 40.0. The van der Waals surface area contributed by atoms with E-state index < -0.39 is 29.7 Å². The average Bonchev–Trinajstić information content (AvgIpc) is 3.20. The Morgan fingerprint density at radius 2 is 1.86 bits per heavy atom. The molecule has 2 amide bonds. The standard InChI is InChI=1S/C20H15BrClN3O4/c1-2-29-20(28)16-15-17(25(23-16)13-8-6-11(21)7-9-13)19(27)24(18(15)26)14-5-3-4-12(22)10-14/h3-10,15,17H,2H2,1H3/t15-,17-/m1/s1. The number of nitrogens with zero attached hydrogens (tertiary/aromatic N) is 3. The molecule has 2 atom stereocenters. The van der Waals surface area contributed by atoms with Crippen molar-refractivity contribution in [3.8, 4) is 0 Å². The Balaban J connectivity index is 1.79. The fraction of sp³-hybridized carbons (Fsp3) is 0.200. The molecule has 1 saturated heterocycles. The molecule has 0 bridgehead atoms. The van der Waals surface area contributed by atoms with Crippen LogP contribution in [0.25, 0.3) is 0 Å². The van der Waals surface area contributed by atoms with Crippen LogP contribution in [0.15, 0.2) is 58.1 Å². The van der Waals surface area contributed by atoms with Crippen molar-refractivity contribution in [1.82, 2.24) is 0 Å². The molecule has 2 aliphatic rings. The van der Waals surface area contributed by atoms with Crippen molar-refractivity contribution in [2.24, 2.45) is 11.0 Å². The SMILES string of the molecule is CCOC(=O)C1=NN(c2ccc(Br)cc2)[C@H]2C(=O)N(c3cccc(Cl)c3)C(=O)[C@H]12.